The van der Waals surface area contributed by atoms with Gasteiger partial charge in [0.15, 0.2) is 0 Å². The Bertz CT molecular complexity index is 150. The van der Waals surface area contributed by atoms with Gasteiger partial charge in [-0.25, -0.2) is 0 Å². The van der Waals surface area contributed by atoms with Crippen LogP contribution >= 0.6 is 11.8 Å². The minimum absolute atomic E-state index is 0.523. The van der Waals surface area contributed by atoms with Gasteiger partial charge in [-0.3, -0.25) is 4.90 Å². The van der Waals surface area contributed by atoms with Crippen molar-refractivity contribution >= 4 is 11.8 Å². The van der Waals surface area contributed by atoms with E-state index in [2.05, 4.69) is 30.5 Å². The highest BCUT2D eigenvalue weighted by molar-refractivity contribution is 7.99. The molecule has 0 aliphatic carbocycles. The van der Waals surface area contributed by atoms with Gasteiger partial charge in [0.25, 0.3) is 0 Å². The molecule has 0 N–H and O–H groups in total. The minimum Gasteiger partial charge on any atom is -0.294 e. The Morgan fingerprint density at radius 2 is 2.27 bits per heavy atom. The van der Waals surface area contributed by atoms with Crippen LogP contribution in [0.3, 0.4) is 0 Å². The van der Waals surface area contributed by atoms with E-state index in [9.17, 15) is 0 Å². The Morgan fingerprint density at radius 1 is 1.45 bits per heavy atom. The van der Waals surface area contributed by atoms with Crippen LogP contribution in [0.1, 0.15) is 26.7 Å². The van der Waals surface area contributed by atoms with E-state index in [1.807, 2.05) is 0 Å². The number of likely N-dealkylation sites (tertiary alicyclic amines) is 1. The quantitative estimate of drug-likeness (QED) is 0.593. The van der Waals surface area contributed by atoms with E-state index in [-0.39, 0.29) is 0 Å². The second kappa shape index (κ2) is 2.67. The zero-order valence-corrected chi connectivity index (χ0v) is 8.28. The van der Waals surface area contributed by atoms with Gasteiger partial charge in [0.2, 0.25) is 0 Å². The van der Waals surface area contributed by atoms with Crippen LogP contribution in [0.4, 0.5) is 0 Å². The zero-order chi connectivity index (χ0) is 7.90. The van der Waals surface area contributed by atoms with Crippen LogP contribution in [0, 0.1) is 0 Å². The summed E-state index contributed by atoms with van der Waals surface area (Å²) in [5.41, 5.74) is 0.523. The summed E-state index contributed by atoms with van der Waals surface area (Å²) in [5, 5.41) is 0. The lowest BCUT2D eigenvalue weighted by molar-refractivity contribution is -0.0156. The highest BCUT2D eigenvalue weighted by Crippen LogP contribution is 2.36. The van der Waals surface area contributed by atoms with Gasteiger partial charge in [-0.15, -0.1) is 0 Å². The van der Waals surface area contributed by atoms with Gasteiger partial charge < -0.3 is 0 Å². The first-order valence-electron chi connectivity index (χ1n) is 4.55. The first-order valence-corrected chi connectivity index (χ1v) is 5.70. The second-order valence-corrected chi connectivity index (χ2v) is 5.42. The van der Waals surface area contributed by atoms with Gasteiger partial charge in [-0.05, 0) is 32.4 Å². The van der Waals surface area contributed by atoms with Gasteiger partial charge >= 0.3 is 0 Å². The average Bonchev–Trinajstić information content (AvgIpc) is 2.38. The van der Waals surface area contributed by atoms with E-state index in [1.165, 1.54) is 30.9 Å². The van der Waals surface area contributed by atoms with Crippen molar-refractivity contribution in [2.45, 2.75) is 38.3 Å². The van der Waals surface area contributed by atoms with E-state index in [1.54, 1.807) is 0 Å². The number of nitrogens with zero attached hydrogens (tertiary/aromatic N) is 1. The third kappa shape index (κ3) is 1.31. The zero-order valence-electron chi connectivity index (χ0n) is 7.47. The molecule has 1 unspecified atom stereocenters. The number of hydrogen-bond donors (Lipinski definition) is 0. The maximum absolute atomic E-state index is 2.69. The fourth-order valence-electron chi connectivity index (χ4n) is 2.13. The number of rotatable bonds is 1. The largest absolute Gasteiger partial charge is 0.294 e. The van der Waals surface area contributed by atoms with Crippen molar-refractivity contribution < 1.29 is 0 Å². The van der Waals surface area contributed by atoms with E-state index in [0.29, 0.717) is 5.54 Å². The average molecular weight is 171 g/mol. The highest BCUT2D eigenvalue weighted by atomic mass is 32.2. The predicted molar refractivity (Wildman–Crippen MR) is 51.1 cm³/mol. The fraction of sp³-hybridized carbons (Fsp3) is 1.00. The second-order valence-electron chi connectivity index (χ2n) is 4.27. The lowest BCUT2D eigenvalue weighted by atomic mass is 9.87. The number of hydrogen-bond acceptors (Lipinski definition) is 2. The summed E-state index contributed by atoms with van der Waals surface area (Å²) >= 11 is 2.12. The van der Waals surface area contributed by atoms with E-state index >= 15 is 0 Å². The normalized spacial score (nSPS) is 37.1. The summed E-state index contributed by atoms with van der Waals surface area (Å²) in [4.78, 5) is 2.69. The Balaban J connectivity index is 1.94. The summed E-state index contributed by atoms with van der Waals surface area (Å²) in [5.74, 6) is 2.76. The van der Waals surface area contributed by atoms with Gasteiger partial charge in [0.05, 0.1) is 0 Å². The van der Waals surface area contributed by atoms with Crippen LogP contribution < -0.4 is 0 Å². The molecule has 1 nitrogen and oxygen atoms in total. The van der Waals surface area contributed by atoms with Crippen LogP contribution in [-0.4, -0.2) is 34.5 Å². The van der Waals surface area contributed by atoms with Crippen LogP contribution in [0.25, 0.3) is 0 Å². The monoisotopic (exact) mass is 171 g/mol. The molecule has 11 heavy (non-hydrogen) atoms. The molecule has 0 aromatic rings. The van der Waals surface area contributed by atoms with Crippen LogP contribution in [0.15, 0.2) is 0 Å². The van der Waals surface area contributed by atoms with E-state index < -0.39 is 0 Å². The maximum Gasteiger partial charge on any atom is 0.0199 e. The lowest BCUT2D eigenvalue weighted by Gasteiger charge is -2.51. The van der Waals surface area contributed by atoms with E-state index in [4.69, 9.17) is 0 Å². The number of thioether (sulfide) groups is 1. The molecule has 2 saturated heterocycles. The van der Waals surface area contributed by atoms with Crippen molar-refractivity contribution in [1.29, 1.82) is 0 Å². The summed E-state index contributed by atoms with van der Waals surface area (Å²) in [6.07, 6.45) is 2.82. The molecule has 2 fully saturated rings. The third-order valence-corrected chi connectivity index (χ3v) is 4.23. The highest BCUT2D eigenvalue weighted by Gasteiger charge is 2.40. The van der Waals surface area contributed by atoms with Crippen LogP contribution in [0.2, 0.25) is 0 Å². The standard InChI is InChI=1S/C9H17NS/c1-9(2)4-5-10(9)8-3-6-11-7-8/h8H,3-7H2,1-2H3. The SMILES string of the molecule is CC1(C)CCN1C1CCSC1. The van der Waals surface area contributed by atoms with Gasteiger partial charge in [0.1, 0.15) is 0 Å². The molecule has 2 aliphatic heterocycles. The molecule has 0 bridgehead atoms. The molecular weight excluding hydrogens is 154 g/mol. The van der Waals surface area contributed by atoms with E-state index in [0.717, 1.165) is 6.04 Å². The molecule has 2 heteroatoms. The molecule has 0 aromatic carbocycles. The molecule has 2 rings (SSSR count). The molecule has 0 saturated carbocycles. The minimum atomic E-state index is 0.523. The molecule has 64 valence electrons. The van der Waals surface area contributed by atoms with Crippen molar-refractivity contribution in [2.75, 3.05) is 18.1 Å². The molecule has 0 spiro atoms. The Morgan fingerprint density at radius 3 is 2.64 bits per heavy atom. The Kier molecular flexibility index (Phi) is 1.92. The summed E-state index contributed by atoms with van der Waals surface area (Å²) < 4.78 is 0. The van der Waals surface area contributed by atoms with Crippen LogP contribution in [-0.2, 0) is 0 Å². The van der Waals surface area contributed by atoms with Gasteiger partial charge in [0, 0.05) is 23.9 Å². The molecule has 0 aromatic heterocycles. The summed E-state index contributed by atoms with van der Waals surface area (Å²) in [6.45, 7) is 6.09. The van der Waals surface area contributed by atoms with Crippen LogP contribution in [0.5, 0.6) is 0 Å². The van der Waals surface area contributed by atoms with Gasteiger partial charge in [-0.2, -0.15) is 11.8 Å². The van der Waals surface area contributed by atoms with Crippen molar-refractivity contribution in [2.24, 2.45) is 0 Å². The third-order valence-electron chi connectivity index (χ3n) is 3.09. The lowest BCUT2D eigenvalue weighted by Crippen LogP contribution is -2.60. The molecule has 0 radical (unpaired) electrons. The maximum atomic E-state index is 2.69. The Hall–Kier alpha value is 0.310. The first-order chi connectivity index (χ1) is 5.20. The molecule has 2 aliphatic rings. The smallest absolute Gasteiger partial charge is 0.0199 e. The summed E-state index contributed by atoms with van der Waals surface area (Å²) in [7, 11) is 0. The van der Waals surface area contributed by atoms with Gasteiger partial charge in [-0.1, -0.05) is 0 Å². The van der Waals surface area contributed by atoms with Crippen molar-refractivity contribution in [3.63, 3.8) is 0 Å². The molecular formula is C9H17NS. The van der Waals surface area contributed by atoms with Crippen molar-refractivity contribution in [1.82, 2.24) is 4.90 Å². The molecule has 0 amide bonds. The first kappa shape index (κ1) is 7.93. The Labute approximate surface area is 73.5 Å². The molecule has 1 atom stereocenters. The summed E-state index contributed by atoms with van der Waals surface area (Å²) in [6, 6.07) is 0.906. The van der Waals surface area contributed by atoms with Crippen molar-refractivity contribution in [3.05, 3.63) is 0 Å². The predicted octanol–water partition coefficient (Wildman–Crippen LogP) is 1.98. The topological polar surface area (TPSA) is 3.24 Å². The molecule has 2 heterocycles. The fourth-order valence-corrected chi connectivity index (χ4v) is 3.36. The van der Waals surface area contributed by atoms with Crippen molar-refractivity contribution in [3.8, 4) is 0 Å².